The van der Waals surface area contributed by atoms with Crippen molar-refractivity contribution in [1.29, 1.82) is 0 Å². The molecule has 15 heavy (non-hydrogen) atoms. The molecule has 1 aromatic rings. The van der Waals surface area contributed by atoms with Crippen LogP contribution in [-0.4, -0.2) is 25.2 Å². The number of furan rings is 1. The molecule has 1 N–H and O–H groups in total. The van der Waals surface area contributed by atoms with Crippen molar-refractivity contribution in [1.82, 2.24) is 5.32 Å². The molecule has 0 amide bonds. The van der Waals surface area contributed by atoms with Crippen LogP contribution in [0, 0.1) is 0 Å². The summed E-state index contributed by atoms with van der Waals surface area (Å²) in [7, 11) is 0. The minimum Gasteiger partial charge on any atom is -0.457 e. The van der Waals surface area contributed by atoms with Gasteiger partial charge in [-0.15, -0.1) is 12.4 Å². The lowest BCUT2D eigenvalue weighted by molar-refractivity contribution is 0.0211. The normalized spacial score (nSPS) is 20.4. The number of halogens is 1. The average molecular weight is 232 g/mol. The highest BCUT2D eigenvalue weighted by Crippen LogP contribution is 2.10. The Balaban J connectivity index is 0.00000112. The predicted octanol–water partition coefficient (Wildman–Crippen LogP) is 1.61. The van der Waals surface area contributed by atoms with E-state index in [0.29, 0.717) is 0 Å². The van der Waals surface area contributed by atoms with Crippen LogP contribution >= 0.6 is 12.4 Å². The van der Waals surface area contributed by atoms with Crippen molar-refractivity contribution in [3.63, 3.8) is 0 Å². The predicted molar refractivity (Wildman–Crippen MR) is 57.3 cm³/mol. The van der Waals surface area contributed by atoms with Crippen LogP contribution in [0.3, 0.4) is 0 Å². The number of carbonyl (C=O) groups is 1. The third kappa shape index (κ3) is 3.25. The van der Waals surface area contributed by atoms with E-state index >= 15 is 0 Å². The van der Waals surface area contributed by atoms with Gasteiger partial charge >= 0.3 is 5.97 Å². The van der Waals surface area contributed by atoms with Crippen molar-refractivity contribution in [2.24, 2.45) is 0 Å². The highest BCUT2D eigenvalue weighted by Gasteiger charge is 2.19. The molecular formula is C10H14ClNO3. The highest BCUT2D eigenvalue weighted by molar-refractivity contribution is 5.86. The lowest BCUT2D eigenvalue weighted by atomic mass is 10.1. The van der Waals surface area contributed by atoms with Crippen LogP contribution in [0.4, 0.5) is 0 Å². The minimum absolute atomic E-state index is 0. The van der Waals surface area contributed by atoms with Gasteiger partial charge in [0.15, 0.2) is 0 Å². The number of hydrogen-bond donors (Lipinski definition) is 1. The maximum absolute atomic E-state index is 11.4. The summed E-state index contributed by atoms with van der Waals surface area (Å²) < 4.78 is 10.2. The second kappa shape index (κ2) is 5.78. The maximum Gasteiger partial charge on any atom is 0.374 e. The number of rotatable bonds is 2. The molecule has 1 aliphatic rings. The van der Waals surface area contributed by atoms with Gasteiger partial charge in [0.05, 0.1) is 6.26 Å². The Morgan fingerprint density at radius 3 is 3.07 bits per heavy atom. The summed E-state index contributed by atoms with van der Waals surface area (Å²) in [4.78, 5) is 11.4. The number of carbonyl (C=O) groups excluding carboxylic acids is 1. The van der Waals surface area contributed by atoms with Gasteiger partial charge in [-0.1, -0.05) is 0 Å². The maximum atomic E-state index is 11.4. The van der Waals surface area contributed by atoms with E-state index in [1.54, 1.807) is 12.1 Å². The average Bonchev–Trinajstić information content (AvgIpc) is 2.72. The Morgan fingerprint density at radius 2 is 2.47 bits per heavy atom. The van der Waals surface area contributed by atoms with Crippen LogP contribution in [0.1, 0.15) is 23.4 Å². The van der Waals surface area contributed by atoms with Gasteiger partial charge in [-0.25, -0.2) is 4.79 Å². The molecule has 0 saturated carbocycles. The number of esters is 1. The van der Waals surface area contributed by atoms with Gasteiger partial charge in [0.1, 0.15) is 6.10 Å². The van der Waals surface area contributed by atoms with Gasteiger partial charge in [0, 0.05) is 6.54 Å². The fourth-order valence-electron chi connectivity index (χ4n) is 1.52. The SMILES string of the molecule is Cl.O=C(OC1CCCNC1)c1ccco1. The lowest BCUT2D eigenvalue weighted by Crippen LogP contribution is -2.36. The number of hydrogen-bond acceptors (Lipinski definition) is 4. The molecule has 2 rings (SSSR count). The van der Waals surface area contributed by atoms with E-state index in [4.69, 9.17) is 9.15 Å². The summed E-state index contributed by atoms with van der Waals surface area (Å²) >= 11 is 0. The molecule has 1 aromatic heterocycles. The van der Waals surface area contributed by atoms with Crippen LogP contribution in [0.2, 0.25) is 0 Å². The Hall–Kier alpha value is -1.00. The monoisotopic (exact) mass is 231 g/mol. The molecule has 1 aliphatic heterocycles. The molecule has 1 saturated heterocycles. The minimum atomic E-state index is -0.372. The molecule has 0 radical (unpaired) electrons. The Kier molecular flexibility index (Phi) is 4.65. The largest absolute Gasteiger partial charge is 0.457 e. The number of ether oxygens (including phenoxy) is 1. The smallest absolute Gasteiger partial charge is 0.374 e. The van der Waals surface area contributed by atoms with Gasteiger partial charge in [-0.2, -0.15) is 0 Å². The Morgan fingerprint density at radius 1 is 1.60 bits per heavy atom. The summed E-state index contributed by atoms with van der Waals surface area (Å²) in [6.45, 7) is 1.75. The first-order chi connectivity index (χ1) is 6.86. The molecule has 84 valence electrons. The molecule has 1 unspecified atom stereocenters. The quantitative estimate of drug-likeness (QED) is 0.786. The second-order valence-corrected chi connectivity index (χ2v) is 3.35. The molecule has 0 aromatic carbocycles. The van der Waals surface area contributed by atoms with E-state index in [9.17, 15) is 4.79 Å². The van der Waals surface area contributed by atoms with Crippen LogP contribution in [0.25, 0.3) is 0 Å². The van der Waals surface area contributed by atoms with Gasteiger partial charge in [0.2, 0.25) is 5.76 Å². The molecule has 1 fully saturated rings. The van der Waals surface area contributed by atoms with Crippen molar-refractivity contribution < 1.29 is 13.9 Å². The molecule has 0 bridgehead atoms. The molecule has 5 heteroatoms. The van der Waals surface area contributed by atoms with Crippen LogP contribution < -0.4 is 5.32 Å². The summed E-state index contributed by atoms with van der Waals surface area (Å²) in [6, 6.07) is 3.29. The van der Waals surface area contributed by atoms with Crippen molar-refractivity contribution >= 4 is 18.4 Å². The van der Waals surface area contributed by atoms with Gasteiger partial charge in [-0.3, -0.25) is 0 Å². The van der Waals surface area contributed by atoms with E-state index in [0.717, 1.165) is 25.9 Å². The summed E-state index contributed by atoms with van der Waals surface area (Å²) in [5.74, 6) is -0.0979. The zero-order valence-corrected chi connectivity index (χ0v) is 9.09. The zero-order valence-electron chi connectivity index (χ0n) is 8.27. The first-order valence-electron chi connectivity index (χ1n) is 4.81. The van der Waals surface area contributed by atoms with Gasteiger partial charge in [0.25, 0.3) is 0 Å². The third-order valence-electron chi connectivity index (χ3n) is 2.25. The first-order valence-corrected chi connectivity index (χ1v) is 4.81. The first kappa shape index (κ1) is 12.1. The third-order valence-corrected chi connectivity index (χ3v) is 2.25. The zero-order chi connectivity index (χ0) is 9.80. The van der Waals surface area contributed by atoms with Crippen LogP contribution in [0.15, 0.2) is 22.8 Å². The van der Waals surface area contributed by atoms with Gasteiger partial charge < -0.3 is 14.5 Å². The van der Waals surface area contributed by atoms with Crippen LogP contribution in [-0.2, 0) is 4.74 Å². The second-order valence-electron chi connectivity index (χ2n) is 3.35. The summed E-state index contributed by atoms with van der Waals surface area (Å²) in [6.07, 6.45) is 3.44. The molecular weight excluding hydrogens is 218 g/mol. The molecule has 2 heterocycles. The highest BCUT2D eigenvalue weighted by atomic mass is 35.5. The fourth-order valence-corrected chi connectivity index (χ4v) is 1.52. The molecule has 4 nitrogen and oxygen atoms in total. The van der Waals surface area contributed by atoms with Crippen molar-refractivity contribution in [2.75, 3.05) is 13.1 Å². The fraction of sp³-hybridized carbons (Fsp3) is 0.500. The van der Waals surface area contributed by atoms with Crippen molar-refractivity contribution in [3.8, 4) is 0 Å². The Bertz CT molecular complexity index is 294. The van der Waals surface area contributed by atoms with E-state index < -0.39 is 0 Å². The van der Waals surface area contributed by atoms with E-state index in [1.807, 2.05) is 0 Å². The van der Waals surface area contributed by atoms with E-state index in [1.165, 1.54) is 6.26 Å². The molecule has 1 atom stereocenters. The van der Waals surface area contributed by atoms with Gasteiger partial charge in [-0.05, 0) is 31.5 Å². The molecule has 0 aliphatic carbocycles. The topological polar surface area (TPSA) is 51.5 Å². The van der Waals surface area contributed by atoms with E-state index in [-0.39, 0.29) is 30.2 Å². The lowest BCUT2D eigenvalue weighted by Gasteiger charge is -2.22. The van der Waals surface area contributed by atoms with Crippen LogP contribution in [0.5, 0.6) is 0 Å². The number of nitrogens with one attached hydrogen (secondary N) is 1. The standard InChI is InChI=1S/C10H13NO3.ClH/c12-10(9-4-2-6-13-9)14-8-3-1-5-11-7-8;/h2,4,6,8,11H,1,3,5,7H2;1H. The van der Waals surface area contributed by atoms with Crippen molar-refractivity contribution in [3.05, 3.63) is 24.2 Å². The Labute approximate surface area is 94.4 Å². The molecule has 0 spiro atoms. The summed E-state index contributed by atoms with van der Waals surface area (Å²) in [5.41, 5.74) is 0. The summed E-state index contributed by atoms with van der Waals surface area (Å²) in [5, 5.41) is 3.18. The van der Waals surface area contributed by atoms with E-state index in [2.05, 4.69) is 5.32 Å². The number of piperidine rings is 1. The van der Waals surface area contributed by atoms with Crippen molar-refractivity contribution in [2.45, 2.75) is 18.9 Å².